The van der Waals surface area contributed by atoms with E-state index >= 15 is 0 Å². The van der Waals surface area contributed by atoms with Gasteiger partial charge in [-0.25, -0.2) is 0 Å². The number of carbonyl (C=O) groups is 1. The maximum absolute atomic E-state index is 10.8. The molecule has 3 rings (SSSR count). The van der Waals surface area contributed by atoms with Gasteiger partial charge in [0.1, 0.15) is 31.0 Å². The van der Waals surface area contributed by atoms with Crippen molar-refractivity contribution in [3.05, 3.63) is 89.5 Å². The molecule has 0 heterocycles. The van der Waals surface area contributed by atoms with Gasteiger partial charge in [0.15, 0.2) is 0 Å². The third kappa shape index (κ3) is 4.86. The highest BCUT2D eigenvalue weighted by Gasteiger charge is 2.05. The Morgan fingerprint density at radius 3 is 2.23 bits per heavy atom. The molecule has 0 aliphatic rings. The zero-order chi connectivity index (χ0) is 18.2. The fraction of sp³-hybridized carbons (Fsp3) is 0.136. The Balaban J connectivity index is 1.58. The van der Waals surface area contributed by atoms with Crippen LogP contribution in [0.1, 0.15) is 16.7 Å². The van der Waals surface area contributed by atoms with Crippen LogP contribution in [0.15, 0.2) is 72.8 Å². The fourth-order valence-electron chi connectivity index (χ4n) is 2.55. The molecule has 0 bridgehead atoms. The minimum absolute atomic E-state index is 0.307. The summed E-state index contributed by atoms with van der Waals surface area (Å²) in [6, 6.07) is 23.1. The molecule has 0 saturated heterocycles. The second kappa shape index (κ2) is 8.72. The number of rotatable bonds is 8. The highest BCUT2D eigenvalue weighted by Crippen LogP contribution is 2.23. The Kier molecular flexibility index (Phi) is 5.88. The third-order valence-corrected chi connectivity index (χ3v) is 3.96. The molecule has 0 spiro atoms. The molecule has 0 saturated carbocycles. The van der Waals surface area contributed by atoms with Gasteiger partial charge in [-0.1, -0.05) is 48.5 Å². The van der Waals surface area contributed by atoms with Gasteiger partial charge in [-0.05, 0) is 29.3 Å². The van der Waals surface area contributed by atoms with E-state index in [9.17, 15) is 4.79 Å². The van der Waals surface area contributed by atoms with Crippen molar-refractivity contribution in [3.8, 4) is 11.5 Å². The van der Waals surface area contributed by atoms with Gasteiger partial charge in [-0.15, -0.1) is 0 Å². The number of anilines is 1. The fourth-order valence-corrected chi connectivity index (χ4v) is 2.55. The van der Waals surface area contributed by atoms with Crippen molar-refractivity contribution in [1.82, 2.24) is 0 Å². The summed E-state index contributed by atoms with van der Waals surface area (Å²) in [5, 5.41) is 0. The summed E-state index contributed by atoms with van der Waals surface area (Å²) < 4.78 is 11.6. The van der Waals surface area contributed by atoms with Crippen LogP contribution < -0.4 is 15.2 Å². The van der Waals surface area contributed by atoms with Crippen LogP contribution in [0.5, 0.6) is 11.5 Å². The largest absolute Gasteiger partial charge is 0.489 e. The van der Waals surface area contributed by atoms with Gasteiger partial charge in [0.05, 0.1) is 0 Å². The van der Waals surface area contributed by atoms with Crippen LogP contribution in [-0.2, 0) is 24.4 Å². The first-order valence-electron chi connectivity index (χ1n) is 8.45. The summed E-state index contributed by atoms with van der Waals surface area (Å²) in [7, 11) is 0. The predicted molar refractivity (Wildman–Crippen MR) is 102 cm³/mol. The van der Waals surface area contributed by atoms with E-state index in [0.717, 1.165) is 28.7 Å². The molecule has 4 nitrogen and oxygen atoms in total. The maximum atomic E-state index is 10.8. The SMILES string of the molecule is Nc1ccc(CC=O)c(OCc2ccc(OCc3ccccc3)cc2)c1. The summed E-state index contributed by atoms with van der Waals surface area (Å²) in [4.78, 5) is 10.8. The van der Waals surface area contributed by atoms with Gasteiger partial charge in [0.2, 0.25) is 0 Å². The van der Waals surface area contributed by atoms with Crippen molar-refractivity contribution in [2.24, 2.45) is 0 Å². The Bertz CT molecular complexity index is 845. The van der Waals surface area contributed by atoms with Crippen molar-refractivity contribution in [1.29, 1.82) is 0 Å². The summed E-state index contributed by atoms with van der Waals surface area (Å²) in [6.45, 7) is 0.934. The van der Waals surface area contributed by atoms with E-state index in [2.05, 4.69) is 0 Å². The molecule has 0 aliphatic heterocycles. The first kappa shape index (κ1) is 17.5. The van der Waals surface area contributed by atoms with E-state index in [1.807, 2.05) is 60.7 Å². The van der Waals surface area contributed by atoms with E-state index in [1.165, 1.54) is 0 Å². The summed E-state index contributed by atoms with van der Waals surface area (Å²) in [6.07, 6.45) is 1.17. The number of nitrogen functional groups attached to an aromatic ring is 1. The average molecular weight is 347 g/mol. The number of carbonyl (C=O) groups excluding carboxylic acids is 1. The first-order valence-corrected chi connectivity index (χ1v) is 8.45. The Hall–Kier alpha value is -3.27. The highest BCUT2D eigenvalue weighted by molar-refractivity contribution is 5.60. The van der Waals surface area contributed by atoms with Crippen molar-refractivity contribution in [3.63, 3.8) is 0 Å². The summed E-state index contributed by atoms with van der Waals surface area (Å²) >= 11 is 0. The quantitative estimate of drug-likeness (QED) is 0.491. The third-order valence-electron chi connectivity index (χ3n) is 3.96. The molecule has 26 heavy (non-hydrogen) atoms. The molecule has 0 aromatic heterocycles. The second-order valence-electron chi connectivity index (χ2n) is 5.94. The summed E-state index contributed by atoms with van der Waals surface area (Å²) in [5.41, 5.74) is 9.39. The molecular formula is C22H21NO3. The molecule has 132 valence electrons. The van der Waals surface area contributed by atoms with Crippen LogP contribution in [-0.4, -0.2) is 6.29 Å². The van der Waals surface area contributed by atoms with Gasteiger partial charge >= 0.3 is 0 Å². The molecule has 0 unspecified atom stereocenters. The predicted octanol–water partition coefficient (Wildman–Crippen LogP) is 4.17. The number of hydrogen-bond acceptors (Lipinski definition) is 4. The van der Waals surface area contributed by atoms with E-state index in [4.69, 9.17) is 15.2 Å². The van der Waals surface area contributed by atoms with Gasteiger partial charge in [-0.3, -0.25) is 0 Å². The van der Waals surface area contributed by atoms with Crippen molar-refractivity contribution < 1.29 is 14.3 Å². The molecule has 3 aromatic rings. The molecule has 0 aliphatic carbocycles. The molecule has 2 N–H and O–H groups in total. The molecule has 0 radical (unpaired) electrons. The molecule has 0 amide bonds. The molecule has 4 heteroatoms. The minimum atomic E-state index is 0.307. The topological polar surface area (TPSA) is 61.6 Å². The standard InChI is InChI=1S/C22H21NO3/c23-20-9-8-19(12-13-24)22(14-20)26-16-18-6-10-21(11-7-18)25-15-17-4-2-1-3-5-17/h1-11,13-14H,12,15-16,23H2. The second-order valence-corrected chi connectivity index (χ2v) is 5.94. The molecule has 0 atom stereocenters. The van der Waals surface area contributed by atoms with Gasteiger partial charge in [0, 0.05) is 23.7 Å². The number of nitrogens with two attached hydrogens (primary N) is 1. The smallest absolute Gasteiger partial charge is 0.125 e. The van der Waals surface area contributed by atoms with Gasteiger partial charge in [0.25, 0.3) is 0 Å². The lowest BCUT2D eigenvalue weighted by atomic mass is 10.1. The number of hydrogen-bond donors (Lipinski definition) is 1. The normalized spacial score (nSPS) is 10.3. The Morgan fingerprint density at radius 2 is 1.50 bits per heavy atom. The van der Waals surface area contributed by atoms with Crippen LogP contribution in [0.4, 0.5) is 5.69 Å². The van der Waals surface area contributed by atoms with E-state index in [-0.39, 0.29) is 0 Å². The van der Waals surface area contributed by atoms with Crippen molar-refractivity contribution >= 4 is 12.0 Å². The Labute approximate surface area is 153 Å². The van der Waals surface area contributed by atoms with Crippen molar-refractivity contribution in [2.45, 2.75) is 19.6 Å². The Morgan fingerprint density at radius 1 is 0.808 bits per heavy atom. The van der Waals surface area contributed by atoms with Crippen molar-refractivity contribution in [2.75, 3.05) is 5.73 Å². The van der Waals surface area contributed by atoms with Crippen LogP contribution in [0.3, 0.4) is 0 Å². The van der Waals surface area contributed by atoms with Crippen LogP contribution in [0.25, 0.3) is 0 Å². The van der Waals surface area contributed by atoms with E-state index < -0.39 is 0 Å². The molecule has 3 aromatic carbocycles. The lowest BCUT2D eigenvalue weighted by molar-refractivity contribution is -0.107. The monoisotopic (exact) mass is 347 g/mol. The lowest BCUT2D eigenvalue weighted by Crippen LogP contribution is -2.01. The average Bonchev–Trinajstić information content (AvgIpc) is 2.68. The van der Waals surface area contributed by atoms with Gasteiger partial charge < -0.3 is 20.0 Å². The summed E-state index contributed by atoms with van der Waals surface area (Å²) in [5.74, 6) is 1.45. The number of aldehydes is 1. The zero-order valence-corrected chi connectivity index (χ0v) is 14.4. The van der Waals surface area contributed by atoms with Gasteiger partial charge in [-0.2, -0.15) is 0 Å². The zero-order valence-electron chi connectivity index (χ0n) is 14.4. The minimum Gasteiger partial charge on any atom is -0.489 e. The van der Waals surface area contributed by atoms with Crippen LogP contribution in [0.2, 0.25) is 0 Å². The molecule has 0 fully saturated rings. The first-order chi connectivity index (χ1) is 12.7. The number of ether oxygens (including phenoxy) is 2. The van der Waals surface area contributed by atoms with E-state index in [1.54, 1.807) is 12.1 Å². The maximum Gasteiger partial charge on any atom is 0.125 e. The number of benzene rings is 3. The lowest BCUT2D eigenvalue weighted by Gasteiger charge is -2.12. The van der Waals surface area contributed by atoms with E-state index in [0.29, 0.717) is 31.1 Å². The highest BCUT2D eigenvalue weighted by atomic mass is 16.5. The van der Waals surface area contributed by atoms with Crippen LogP contribution >= 0.6 is 0 Å². The van der Waals surface area contributed by atoms with Crippen LogP contribution in [0, 0.1) is 0 Å². The molecular weight excluding hydrogens is 326 g/mol.